The number of pyridine rings is 1. The Hall–Kier alpha value is -4.08. The van der Waals surface area contributed by atoms with Crippen LogP contribution in [0.5, 0.6) is 0 Å². The number of amides is 1. The number of aromatic nitrogens is 3. The lowest BCUT2D eigenvalue weighted by Crippen LogP contribution is -2.28. The predicted molar refractivity (Wildman–Crippen MR) is 103 cm³/mol. The first-order chi connectivity index (χ1) is 13.6. The highest BCUT2D eigenvalue weighted by molar-refractivity contribution is 5.94. The number of nitro benzene ring substituents is 1. The largest absolute Gasteiger partial charge is 0.367 e. The highest BCUT2D eigenvalue weighted by atomic mass is 16.6. The molecule has 142 valence electrons. The third-order valence-corrected chi connectivity index (χ3v) is 3.67. The van der Waals surface area contributed by atoms with Gasteiger partial charge in [0, 0.05) is 48.9 Å². The van der Waals surface area contributed by atoms with E-state index in [1.54, 1.807) is 24.5 Å². The number of nitrogens with one attached hydrogen (secondary N) is 3. The molecule has 0 bridgehead atoms. The zero-order valence-corrected chi connectivity index (χ0v) is 14.7. The molecule has 0 radical (unpaired) electrons. The van der Waals surface area contributed by atoms with Crippen LogP contribution in [-0.2, 0) is 0 Å². The highest BCUT2D eigenvalue weighted by Crippen LogP contribution is 2.13. The molecule has 1 aromatic carbocycles. The summed E-state index contributed by atoms with van der Waals surface area (Å²) in [4.78, 5) is 26.1. The third kappa shape index (κ3) is 5.21. The van der Waals surface area contributed by atoms with Gasteiger partial charge in [0.2, 0.25) is 0 Å². The van der Waals surface area contributed by atoms with E-state index in [-0.39, 0.29) is 11.6 Å². The summed E-state index contributed by atoms with van der Waals surface area (Å²) in [6.45, 7) is 0.805. The van der Waals surface area contributed by atoms with Gasteiger partial charge in [-0.05, 0) is 36.4 Å². The minimum absolute atomic E-state index is 0.0568. The molecule has 1 amide bonds. The number of hydrogen-bond acceptors (Lipinski definition) is 8. The van der Waals surface area contributed by atoms with Crippen LogP contribution in [0.25, 0.3) is 0 Å². The van der Waals surface area contributed by atoms with Crippen molar-refractivity contribution in [1.82, 2.24) is 20.5 Å². The Bertz CT molecular complexity index is 932. The summed E-state index contributed by atoms with van der Waals surface area (Å²) >= 11 is 0. The Balaban J connectivity index is 1.42. The molecule has 0 atom stereocenters. The standard InChI is InChI=1S/C18H17N7O3/c26-18(13-1-3-15(4-2-13)25(27)28)21-12-11-20-16-5-6-17(24-23-16)22-14-7-9-19-10-8-14/h1-10H,11-12H2,(H,20,23)(H,21,26)(H,19,22,24). The third-order valence-electron chi connectivity index (χ3n) is 3.67. The summed E-state index contributed by atoms with van der Waals surface area (Å²) in [7, 11) is 0. The Kier molecular flexibility index (Phi) is 6.03. The quantitative estimate of drug-likeness (QED) is 0.308. The maximum Gasteiger partial charge on any atom is 0.269 e. The molecule has 0 unspecified atom stereocenters. The fourth-order valence-corrected chi connectivity index (χ4v) is 2.28. The lowest BCUT2D eigenvalue weighted by Gasteiger charge is -2.08. The summed E-state index contributed by atoms with van der Waals surface area (Å²) in [5.74, 6) is 0.868. The van der Waals surface area contributed by atoms with Gasteiger partial charge in [-0.15, -0.1) is 10.2 Å². The van der Waals surface area contributed by atoms with Gasteiger partial charge in [0.25, 0.3) is 11.6 Å². The Morgan fingerprint density at radius 2 is 1.61 bits per heavy atom. The molecule has 3 N–H and O–H groups in total. The molecule has 0 aliphatic heterocycles. The van der Waals surface area contributed by atoms with Gasteiger partial charge < -0.3 is 16.0 Å². The number of hydrogen-bond donors (Lipinski definition) is 3. The molecular weight excluding hydrogens is 362 g/mol. The highest BCUT2D eigenvalue weighted by Gasteiger charge is 2.08. The van der Waals surface area contributed by atoms with Crippen LogP contribution in [0, 0.1) is 10.1 Å². The number of benzene rings is 1. The molecule has 10 nitrogen and oxygen atoms in total. The van der Waals surface area contributed by atoms with Gasteiger partial charge in [-0.25, -0.2) is 0 Å². The molecule has 0 saturated heterocycles. The van der Waals surface area contributed by atoms with Crippen LogP contribution < -0.4 is 16.0 Å². The van der Waals surface area contributed by atoms with E-state index in [0.717, 1.165) is 5.69 Å². The van der Waals surface area contributed by atoms with Gasteiger partial charge in [0.15, 0.2) is 5.82 Å². The number of non-ortho nitro benzene ring substituents is 1. The second kappa shape index (κ2) is 9.03. The number of carbonyl (C=O) groups excluding carboxylic acids is 1. The monoisotopic (exact) mass is 379 g/mol. The smallest absolute Gasteiger partial charge is 0.269 e. The van der Waals surface area contributed by atoms with Crippen molar-refractivity contribution in [3.63, 3.8) is 0 Å². The average molecular weight is 379 g/mol. The molecule has 3 aromatic rings. The molecule has 0 spiro atoms. The molecule has 2 aromatic heterocycles. The van der Waals surface area contributed by atoms with Crippen molar-refractivity contribution in [2.45, 2.75) is 0 Å². The topological polar surface area (TPSA) is 135 Å². The van der Waals surface area contributed by atoms with Gasteiger partial charge in [-0.2, -0.15) is 0 Å². The fraction of sp³-hybridized carbons (Fsp3) is 0.111. The number of carbonyl (C=O) groups is 1. The predicted octanol–water partition coefficient (Wildman–Crippen LogP) is 2.37. The molecule has 0 aliphatic carbocycles. The van der Waals surface area contributed by atoms with E-state index in [4.69, 9.17) is 0 Å². The summed E-state index contributed by atoms with van der Waals surface area (Å²) in [5.41, 5.74) is 1.16. The van der Waals surface area contributed by atoms with Gasteiger partial charge in [0.05, 0.1) is 4.92 Å². The molecule has 0 saturated carbocycles. The second-order valence-electron chi connectivity index (χ2n) is 5.65. The maximum atomic E-state index is 12.0. The number of nitro groups is 1. The van der Waals surface area contributed by atoms with Gasteiger partial charge in [-0.1, -0.05) is 0 Å². The average Bonchev–Trinajstić information content (AvgIpc) is 2.73. The van der Waals surface area contributed by atoms with Crippen LogP contribution in [0.3, 0.4) is 0 Å². The zero-order valence-electron chi connectivity index (χ0n) is 14.7. The van der Waals surface area contributed by atoms with Crippen LogP contribution in [0.4, 0.5) is 23.0 Å². The first-order valence-corrected chi connectivity index (χ1v) is 8.39. The van der Waals surface area contributed by atoms with Crippen molar-refractivity contribution in [3.05, 3.63) is 76.6 Å². The van der Waals surface area contributed by atoms with E-state index < -0.39 is 4.92 Å². The van der Waals surface area contributed by atoms with E-state index in [0.29, 0.717) is 30.3 Å². The Morgan fingerprint density at radius 1 is 0.929 bits per heavy atom. The van der Waals surface area contributed by atoms with Crippen LogP contribution in [0.2, 0.25) is 0 Å². The van der Waals surface area contributed by atoms with Crippen molar-refractivity contribution < 1.29 is 9.72 Å². The molecular formula is C18H17N7O3. The van der Waals surface area contributed by atoms with Crippen LogP contribution in [-0.4, -0.2) is 39.1 Å². The van der Waals surface area contributed by atoms with Gasteiger partial charge >= 0.3 is 0 Å². The molecule has 0 aliphatic rings. The molecule has 10 heteroatoms. The normalized spacial score (nSPS) is 10.1. The summed E-state index contributed by atoms with van der Waals surface area (Å²) in [6.07, 6.45) is 3.35. The van der Waals surface area contributed by atoms with E-state index in [1.807, 2.05) is 12.1 Å². The summed E-state index contributed by atoms with van der Waals surface area (Å²) in [5, 5.41) is 27.6. The second-order valence-corrected chi connectivity index (χ2v) is 5.65. The van der Waals surface area contributed by atoms with Crippen LogP contribution >= 0.6 is 0 Å². The molecule has 0 fully saturated rings. The first-order valence-electron chi connectivity index (χ1n) is 8.39. The van der Waals surface area contributed by atoms with Crippen LogP contribution in [0.1, 0.15) is 10.4 Å². The van der Waals surface area contributed by atoms with E-state index in [1.165, 1.54) is 24.3 Å². The summed E-state index contributed by atoms with van der Waals surface area (Å²) in [6, 6.07) is 12.6. The SMILES string of the molecule is O=C(NCCNc1ccc(Nc2ccncc2)nn1)c1ccc([N+](=O)[O-])cc1. The minimum atomic E-state index is -0.509. The van der Waals surface area contributed by atoms with E-state index in [2.05, 4.69) is 31.1 Å². The van der Waals surface area contributed by atoms with Crippen molar-refractivity contribution in [3.8, 4) is 0 Å². The van der Waals surface area contributed by atoms with Crippen LogP contribution in [0.15, 0.2) is 60.9 Å². The molecule has 3 rings (SSSR count). The maximum absolute atomic E-state index is 12.0. The van der Waals surface area contributed by atoms with E-state index in [9.17, 15) is 14.9 Å². The van der Waals surface area contributed by atoms with Gasteiger partial charge in [0.1, 0.15) is 5.82 Å². The number of nitrogens with zero attached hydrogens (tertiary/aromatic N) is 4. The minimum Gasteiger partial charge on any atom is -0.367 e. The Morgan fingerprint density at radius 3 is 2.25 bits per heavy atom. The van der Waals surface area contributed by atoms with Crippen molar-refractivity contribution >= 4 is 28.9 Å². The lowest BCUT2D eigenvalue weighted by atomic mass is 10.2. The van der Waals surface area contributed by atoms with Crippen molar-refractivity contribution in [2.24, 2.45) is 0 Å². The molecule has 28 heavy (non-hydrogen) atoms. The zero-order chi connectivity index (χ0) is 19.8. The van der Waals surface area contributed by atoms with Crippen molar-refractivity contribution in [2.75, 3.05) is 23.7 Å². The Labute approximate surface area is 160 Å². The number of anilines is 3. The van der Waals surface area contributed by atoms with E-state index >= 15 is 0 Å². The fourth-order valence-electron chi connectivity index (χ4n) is 2.28. The number of rotatable bonds is 8. The first kappa shape index (κ1) is 18.7. The van der Waals surface area contributed by atoms with Gasteiger partial charge in [-0.3, -0.25) is 19.9 Å². The lowest BCUT2D eigenvalue weighted by molar-refractivity contribution is -0.384. The van der Waals surface area contributed by atoms with Crippen molar-refractivity contribution in [1.29, 1.82) is 0 Å². The summed E-state index contributed by atoms with van der Waals surface area (Å²) < 4.78 is 0. The molecule has 2 heterocycles.